The van der Waals surface area contributed by atoms with Gasteiger partial charge in [0.1, 0.15) is 12.4 Å². The SMILES string of the molecule is Cc1nccn1CC(=O)NC1CCCCCC1. The molecule has 0 radical (unpaired) electrons. The molecule has 0 aliphatic heterocycles. The summed E-state index contributed by atoms with van der Waals surface area (Å²) in [6.45, 7) is 2.31. The number of hydrogen-bond acceptors (Lipinski definition) is 2. The summed E-state index contributed by atoms with van der Waals surface area (Å²) < 4.78 is 1.88. The molecule has 0 unspecified atom stereocenters. The van der Waals surface area contributed by atoms with Crippen LogP contribution in [0.5, 0.6) is 0 Å². The smallest absolute Gasteiger partial charge is 0.240 e. The molecule has 94 valence electrons. The van der Waals surface area contributed by atoms with Crippen molar-refractivity contribution in [1.29, 1.82) is 0 Å². The van der Waals surface area contributed by atoms with E-state index in [2.05, 4.69) is 10.3 Å². The van der Waals surface area contributed by atoms with E-state index >= 15 is 0 Å². The van der Waals surface area contributed by atoms with Crippen molar-refractivity contribution in [3.05, 3.63) is 18.2 Å². The Morgan fingerprint density at radius 2 is 2.12 bits per heavy atom. The molecule has 1 aromatic rings. The standard InChI is InChI=1S/C13H21N3O/c1-11-14-8-9-16(11)10-13(17)15-12-6-4-2-3-5-7-12/h8-9,12H,2-7,10H2,1H3,(H,15,17). The van der Waals surface area contributed by atoms with Gasteiger partial charge in [-0.15, -0.1) is 0 Å². The van der Waals surface area contributed by atoms with Crippen LogP contribution in [0.25, 0.3) is 0 Å². The van der Waals surface area contributed by atoms with Gasteiger partial charge in [0.15, 0.2) is 0 Å². The molecule has 0 atom stereocenters. The molecular weight excluding hydrogens is 214 g/mol. The molecule has 1 amide bonds. The quantitative estimate of drug-likeness (QED) is 0.815. The predicted molar refractivity (Wildman–Crippen MR) is 66.6 cm³/mol. The Morgan fingerprint density at radius 1 is 1.41 bits per heavy atom. The highest BCUT2D eigenvalue weighted by Gasteiger charge is 2.14. The number of imidazole rings is 1. The van der Waals surface area contributed by atoms with Gasteiger partial charge >= 0.3 is 0 Å². The Hall–Kier alpha value is -1.32. The summed E-state index contributed by atoms with van der Waals surface area (Å²) in [5, 5.41) is 3.14. The normalized spacial score (nSPS) is 17.7. The fraction of sp³-hybridized carbons (Fsp3) is 0.692. The number of nitrogens with one attached hydrogen (secondary N) is 1. The van der Waals surface area contributed by atoms with Gasteiger partial charge in [0.25, 0.3) is 0 Å². The molecule has 17 heavy (non-hydrogen) atoms. The Bertz CT molecular complexity index is 364. The molecule has 4 nitrogen and oxygen atoms in total. The van der Waals surface area contributed by atoms with E-state index in [-0.39, 0.29) is 5.91 Å². The zero-order valence-corrected chi connectivity index (χ0v) is 10.5. The van der Waals surface area contributed by atoms with Crippen molar-refractivity contribution in [2.24, 2.45) is 0 Å². The molecule has 4 heteroatoms. The van der Waals surface area contributed by atoms with Crippen LogP contribution in [-0.4, -0.2) is 21.5 Å². The lowest BCUT2D eigenvalue weighted by Gasteiger charge is -2.16. The number of carbonyl (C=O) groups excluding carboxylic acids is 1. The van der Waals surface area contributed by atoms with Crippen LogP contribution < -0.4 is 5.32 Å². The van der Waals surface area contributed by atoms with E-state index < -0.39 is 0 Å². The van der Waals surface area contributed by atoms with Crippen LogP contribution in [-0.2, 0) is 11.3 Å². The van der Waals surface area contributed by atoms with E-state index in [9.17, 15) is 4.79 Å². The van der Waals surface area contributed by atoms with Crippen LogP contribution in [0.1, 0.15) is 44.3 Å². The first kappa shape index (κ1) is 12.1. The van der Waals surface area contributed by atoms with Gasteiger partial charge in [-0.1, -0.05) is 25.7 Å². The summed E-state index contributed by atoms with van der Waals surface area (Å²) in [5.74, 6) is 0.999. The van der Waals surface area contributed by atoms with E-state index in [1.807, 2.05) is 17.7 Å². The fourth-order valence-electron chi connectivity index (χ4n) is 2.42. The first-order chi connectivity index (χ1) is 8.25. The lowest BCUT2D eigenvalue weighted by atomic mass is 10.1. The Kier molecular flexibility index (Phi) is 4.18. The summed E-state index contributed by atoms with van der Waals surface area (Å²) in [6.07, 6.45) is 11.0. The second-order valence-electron chi connectivity index (χ2n) is 4.86. The third-order valence-corrected chi connectivity index (χ3v) is 3.46. The van der Waals surface area contributed by atoms with Crippen LogP contribution in [0.2, 0.25) is 0 Å². The first-order valence-electron chi connectivity index (χ1n) is 6.53. The van der Waals surface area contributed by atoms with E-state index in [4.69, 9.17) is 0 Å². The van der Waals surface area contributed by atoms with E-state index in [0.717, 1.165) is 18.7 Å². The molecular formula is C13H21N3O. The molecule has 1 aromatic heterocycles. The predicted octanol–water partition coefficient (Wildman–Crippen LogP) is 2.03. The van der Waals surface area contributed by atoms with Gasteiger partial charge < -0.3 is 9.88 Å². The second-order valence-corrected chi connectivity index (χ2v) is 4.86. The highest BCUT2D eigenvalue weighted by atomic mass is 16.2. The Morgan fingerprint density at radius 3 is 2.71 bits per heavy atom. The monoisotopic (exact) mass is 235 g/mol. The van der Waals surface area contributed by atoms with Crippen LogP contribution in [0.3, 0.4) is 0 Å². The van der Waals surface area contributed by atoms with E-state index in [1.165, 1.54) is 25.7 Å². The van der Waals surface area contributed by atoms with Crippen molar-refractivity contribution < 1.29 is 4.79 Å². The molecule has 0 saturated heterocycles. The van der Waals surface area contributed by atoms with Crippen molar-refractivity contribution >= 4 is 5.91 Å². The Labute approximate surface area is 102 Å². The second kappa shape index (κ2) is 5.84. The summed E-state index contributed by atoms with van der Waals surface area (Å²) in [4.78, 5) is 16.0. The number of amides is 1. The van der Waals surface area contributed by atoms with Crippen molar-refractivity contribution in [1.82, 2.24) is 14.9 Å². The van der Waals surface area contributed by atoms with E-state index in [0.29, 0.717) is 12.6 Å². The molecule has 0 bridgehead atoms. The van der Waals surface area contributed by atoms with Crippen molar-refractivity contribution in [3.8, 4) is 0 Å². The third kappa shape index (κ3) is 3.58. The molecule has 1 saturated carbocycles. The van der Waals surface area contributed by atoms with Crippen molar-refractivity contribution in [3.63, 3.8) is 0 Å². The summed E-state index contributed by atoms with van der Waals surface area (Å²) in [6, 6.07) is 0.383. The number of hydrogen-bond donors (Lipinski definition) is 1. The maximum atomic E-state index is 11.9. The van der Waals surface area contributed by atoms with Gasteiger partial charge in [0, 0.05) is 18.4 Å². The number of rotatable bonds is 3. The third-order valence-electron chi connectivity index (χ3n) is 3.46. The maximum absolute atomic E-state index is 11.9. The van der Waals surface area contributed by atoms with Gasteiger partial charge in [-0.2, -0.15) is 0 Å². The highest BCUT2D eigenvalue weighted by molar-refractivity contribution is 5.76. The minimum Gasteiger partial charge on any atom is -0.352 e. The summed E-state index contributed by atoms with van der Waals surface area (Å²) in [7, 11) is 0. The van der Waals surface area contributed by atoms with Gasteiger partial charge in [-0.3, -0.25) is 4.79 Å². The zero-order valence-electron chi connectivity index (χ0n) is 10.5. The van der Waals surface area contributed by atoms with Gasteiger partial charge in [-0.05, 0) is 19.8 Å². The number of carbonyl (C=O) groups is 1. The molecule has 1 N–H and O–H groups in total. The van der Waals surface area contributed by atoms with Crippen LogP contribution >= 0.6 is 0 Å². The lowest BCUT2D eigenvalue weighted by molar-refractivity contribution is -0.122. The fourth-order valence-corrected chi connectivity index (χ4v) is 2.42. The van der Waals surface area contributed by atoms with Gasteiger partial charge in [-0.25, -0.2) is 4.98 Å². The molecule has 0 spiro atoms. The maximum Gasteiger partial charge on any atom is 0.240 e. The molecule has 1 aliphatic carbocycles. The number of nitrogens with zero attached hydrogens (tertiary/aromatic N) is 2. The van der Waals surface area contributed by atoms with Crippen LogP contribution in [0.15, 0.2) is 12.4 Å². The molecule has 0 aromatic carbocycles. The molecule has 1 fully saturated rings. The van der Waals surface area contributed by atoms with Crippen molar-refractivity contribution in [2.45, 2.75) is 58.0 Å². The number of aryl methyl sites for hydroxylation is 1. The summed E-state index contributed by atoms with van der Waals surface area (Å²) >= 11 is 0. The first-order valence-corrected chi connectivity index (χ1v) is 6.53. The molecule has 2 rings (SSSR count). The summed E-state index contributed by atoms with van der Waals surface area (Å²) in [5.41, 5.74) is 0. The van der Waals surface area contributed by atoms with Crippen LogP contribution in [0.4, 0.5) is 0 Å². The largest absolute Gasteiger partial charge is 0.352 e. The zero-order chi connectivity index (χ0) is 12.1. The molecule has 1 aliphatic rings. The van der Waals surface area contributed by atoms with Crippen molar-refractivity contribution in [2.75, 3.05) is 0 Å². The Balaban J connectivity index is 1.82. The van der Waals surface area contributed by atoms with Gasteiger partial charge in [0.05, 0.1) is 0 Å². The average Bonchev–Trinajstić information content (AvgIpc) is 2.55. The minimum atomic E-state index is 0.109. The number of aromatic nitrogens is 2. The van der Waals surface area contributed by atoms with Gasteiger partial charge in [0.2, 0.25) is 5.91 Å². The topological polar surface area (TPSA) is 46.9 Å². The lowest BCUT2D eigenvalue weighted by Crippen LogP contribution is -2.36. The van der Waals surface area contributed by atoms with Crippen LogP contribution in [0, 0.1) is 6.92 Å². The molecule has 1 heterocycles. The minimum absolute atomic E-state index is 0.109. The van der Waals surface area contributed by atoms with E-state index in [1.54, 1.807) is 6.20 Å². The highest BCUT2D eigenvalue weighted by Crippen LogP contribution is 2.17. The average molecular weight is 235 g/mol.